The molecule has 27 heavy (non-hydrogen) atoms. The third-order valence-electron chi connectivity index (χ3n) is 4.85. The lowest BCUT2D eigenvalue weighted by atomic mass is 9.80. The first-order valence-corrected chi connectivity index (χ1v) is 9.29. The van der Waals surface area contributed by atoms with Crippen LogP contribution in [-0.2, 0) is 9.53 Å². The van der Waals surface area contributed by atoms with E-state index >= 15 is 0 Å². The van der Waals surface area contributed by atoms with Crippen molar-refractivity contribution in [2.45, 2.75) is 32.6 Å². The number of benzene rings is 1. The average molecular weight is 362 g/mol. The van der Waals surface area contributed by atoms with E-state index in [4.69, 9.17) is 4.74 Å². The van der Waals surface area contributed by atoms with Crippen molar-refractivity contribution in [2.24, 2.45) is 0 Å². The van der Waals surface area contributed by atoms with E-state index < -0.39 is 0 Å². The number of para-hydroxylation sites is 1. The maximum absolute atomic E-state index is 13.0. The molecule has 0 radical (unpaired) electrons. The topological polar surface area (TPSA) is 79.9 Å². The minimum atomic E-state index is -0.286. The Morgan fingerprint density at radius 1 is 1.19 bits per heavy atom. The summed E-state index contributed by atoms with van der Waals surface area (Å²) in [5.74, 6) is 0.220. The van der Waals surface area contributed by atoms with Crippen molar-refractivity contribution >= 4 is 22.7 Å². The molecule has 0 saturated carbocycles. The van der Waals surface area contributed by atoms with Crippen molar-refractivity contribution in [3.63, 3.8) is 0 Å². The number of H-pyrrole nitrogens is 1. The van der Waals surface area contributed by atoms with Gasteiger partial charge in [-0.05, 0) is 31.0 Å². The Labute approximate surface area is 157 Å². The molecular weight excluding hydrogens is 340 g/mol. The molecule has 0 spiro atoms. The molecule has 138 valence electrons. The summed E-state index contributed by atoms with van der Waals surface area (Å²) in [6.45, 7) is 4.26. The fourth-order valence-electron chi connectivity index (χ4n) is 3.75. The predicted octanol–water partition coefficient (Wildman–Crippen LogP) is 4.13. The van der Waals surface area contributed by atoms with Gasteiger partial charge in [-0.3, -0.25) is 10.1 Å². The SMILES string of the molecule is CCCC1=C(C(=O)OCC)C(c2ccnc3ccccc23)c2c[nH]nc2N1. The van der Waals surface area contributed by atoms with Gasteiger partial charge in [-0.25, -0.2) is 4.79 Å². The molecule has 0 bridgehead atoms. The zero-order valence-electron chi connectivity index (χ0n) is 15.5. The third-order valence-corrected chi connectivity index (χ3v) is 4.85. The predicted molar refractivity (Wildman–Crippen MR) is 104 cm³/mol. The smallest absolute Gasteiger partial charge is 0.336 e. The summed E-state index contributed by atoms with van der Waals surface area (Å²) in [6, 6.07) is 9.97. The molecule has 0 aliphatic carbocycles. The van der Waals surface area contributed by atoms with E-state index in [9.17, 15) is 4.79 Å². The molecule has 0 amide bonds. The molecular formula is C21H22N4O2. The van der Waals surface area contributed by atoms with E-state index in [-0.39, 0.29) is 11.9 Å². The molecule has 3 aromatic rings. The first-order chi connectivity index (χ1) is 13.2. The Kier molecular flexibility index (Phi) is 4.62. The molecule has 2 aromatic heterocycles. The first kappa shape index (κ1) is 17.3. The van der Waals surface area contributed by atoms with Gasteiger partial charge in [-0.1, -0.05) is 31.5 Å². The van der Waals surface area contributed by atoms with E-state index in [2.05, 4.69) is 27.4 Å². The van der Waals surface area contributed by atoms with Gasteiger partial charge in [-0.2, -0.15) is 5.10 Å². The number of hydrogen-bond donors (Lipinski definition) is 2. The van der Waals surface area contributed by atoms with Gasteiger partial charge in [0.2, 0.25) is 0 Å². The van der Waals surface area contributed by atoms with Crippen LogP contribution in [0.5, 0.6) is 0 Å². The van der Waals surface area contributed by atoms with Crippen molar-refractivity contribution in [1.82, 2.24) is 15.2 Å². The zero-order valence-corrected chi connectivity index (χ0v) is 15.5. The Bertz CT molecular complexity index is 1020. The summed E-state index contributed by atoms with van der Waals surface area (Å²) in [4.78, 5) is 17.4. The van der Waals surface area contributed by atoms with E-state index in [1.54, 1.807) is 6.20 Å². The summed E-state index contributed by atoms with van der Waals surface area (Å²) in [7, 11) is 0. The van der Waals surface area contributed by atoms with E-state index in [1.807, 2.05) is 43.5 Å². The first-order valence-electron chi connectivity index (χ1n) is 9.29. The number of carbonyl (C=O) groups is 1. The summed E-state index contributed by atoms with van der Waals surface area (Å²) in [6.07, 6.45) is 5.31. The number of esters is 1. The number of fused-ring (bicyclic) bond motifs is 2. The van der Waals surface area contributed by atoms with Gasteiger partial charge in [0.1, 0.15) is 0 Å². The summed E-state index contributed by atoms with van der Waals surface area (Å²) in [5.41, 5.74) is 4.40. The third kappa shape index (κ3) is 2.97. The van der Waals surface area contributed by atoms with Crippen LogP contribution in [0, 0.1) is 0 Å². The molecule has 3 heterocycles. The maximum Gasteiger partial charge on any atom is 0.336 e. The Morgan fingerprint density at radius 2 is 2.04 bits per heavy atom. The summed E-state index contributed by atoms with van der Waals surface area (Å²) >= 11 is 0. The van der Waals surface area contributed by atoms with Crippen molar-refractivity contribution in [2.75, 3.05) is 11.9 Å². The van der Waals surface area contributed by atoms with Crippen LogP contribution in [0.15, 0.2) is 54.0 Å². The number of rotatable bonds is 5. The van der Waals surface area contributed by atoms with Gasteiger partial charge in [-0.15, -0.1) is 0 Å². The van der Waals surface area contributed by atoms with E-state index in [1.165, 1.54) is 0 Å². The number of hydrogen-bond acceptors (Lipinski definition) is 5. The molecule has 2 N–H and O–H groups in total. The number of aromatic amines is 1. The normalized spacial score (nSPS) is 16.1. The van der Waals surface area contributed by atoms with Crippen molar-refractivity contribution in [1.29, 1.82) is 0 Å². The molecule has 1 atom stereocenters. The number of aromatic nitrogens is 3. The second-order valence-corrected chi connectivity index (χ2v) is 6.53. The quantitative estimate of drug-likeness (QED) is 0.667. The van der Waals surface area contributed by atoms with Gasteiger partial charge in [0.15, 0.2) is 5.82 Å². The van der Waals surface area contributed by atoms with Gasteiger partial charge >= 0.3 is 5.97 Å². The minimum absolute atomic E-state index is 0.256. The highest BCUT2D eigenvalue weighted by molar-refractivity contribution is 5.96. The van der Waals surface area contributed by atoms with Gasteiger partial charge in [0, 0.05) is 35.0 Å². The highest BCUT2D eigenvalue weighted by Gasteiger charge is 2.36. The van der Waals surface area contributed by atoms with Crippen molar-refractivity contribution in [3.8, 4) is 0 Å². The lowest BCUT2D eigenvalue weighted by Gasteiger charge is -2.29. The molecule has 1 aliphatic heterocycles. The molecule has 0 saturated heterocycles. The molecule has 4 rings (SSSR count). The fourth-order valence-corrected chi connectivity index (χ4v) is 3.75. The minimum Gasteiger partial charge on any atom is -0.463 e. The molecule has 0 fully saturated rings. The van der Waals surface area contributed by atoms with Gasteiger partial charge < -0.3 is 10.1 Å². The second kappa shape index (κ2) is 7.23. The van der Waals surface area contributed by atoms with Crippen LogP contribution in [-0.4, -0.2) is 27.8 Å². The number of anilines is 1. The summed E-state index contributed by atoms with van der Waals surface area (Å²) in [5, 5.41) is 11.6. The van der Waals surface area contributed by atoms with Crippen LogP contribution in [0.3, 0.4) is 0 Å². The number of nitrogens with one attached hydrogen (secondary N) is 2. The van der Waals surface area contributed by atoms with Crippen molar-refractivity contribution < 1.29 is 9.53 Å². The Hall–Kier alpha value is -3.15. The fraction of sp³-hybridized carbons (Fsp3) is 0.286. The molecule has 6 heteroatoms. The molecule has 1 aliphatic rings. The van der Waals surface area contributed by atoms with Crippen LogP contribution in [0.25, 0.3) is 10.9 Å². The number of ether oxygens (including phenoxy) is 1. The van der Waals surface area contributed by atoms with Crippen LogP contribution in [0.1, 0.15) is 43.7 Å². The zero-order chi connectivity index (χ0) is 18.8. The average Bonchev–Trinajstić information content (AvgIpc) is 3.15. The summed E-state index contributed by atoms with van der Waals surface area (Å²) < 4.78 is 5.43. The molecule has 1 unspecified atom stereocenters. The number of pyridine rings is 1. The lowest BCUT2D eigenvalue weighted by Crippen LogP contribution is -2.25. The van der Waals surface area contributed by atoms with Crippen LogP contribution < -0.4 is 5.32 Å². The van der Waals surface area contributed by atoms with Crippen LogP contribution in [0.2, 0.25) is 0 Å². The van der Waals surface area contributed by atoms with E-state index in [0.29, 0.717) is 12.2 Å². The van der Waals surface area contributed by atoms with Crippen LogP contribution >= 0.6 is 0 Å². The number of carbonyl (C=O) groups excluding carboxylic acids is 1. The number of nitrogens with zero attached hydrogens (tertiary/aromatic N) is 2. The Morgan fingerprint density at radius 3 is 2.85 bits per heavy atom. The van der Waals surface area contributed by atoms with Gasteiger partial charge in [0.05, 0.1) is 17.7 Å². The van der Waals surface area contributed by atoms with E-state index in [0.717, 1.165) is 46.4 Å². The van der Waals surface area contributed by atoms with Gasteiger partial charge in [0.25, 0.3) is 0 Å². The van der Waals surface area contributed by atoms with Crippen molar-refractivity contribution in [3.05, 3.63) is 65.1 Å². The monoisotopic (exact) mass is 362 g/mol. The molecule has 1 aromatic carbocycles. The second-order valence-electron chi connectivity index (χ2n) is 6.53. The standard InChI is InChI=1S/C21H22N4O2/c1-3-7-17-19(21(26)27-4-2)18(15-12-23-25-20(15)24-17)14-10-11-22-16-9-6-5-8-13(14)16/h5-6,8-12,18H,3-4,7H2,1-2H3,(H2,23,24,25). The van der Waals surface area contributed by atoms with Crippen LogP contribution in [0.4, 0.5) is 5.82 Å². The highest BCUT2D eigenvalue weighted by atomic mass is 16.5. The Balaban J connectivity index is 1.98. The lowest BCUT2D eigenvalue weighted by molar-refractivity contribution is -0.138. The largest absolute Gasteiger partial charge is 0.463 e. The maximum atomic E-state index is 13.0. The highest BCUT2D eigenvalue weighted by Crippen LogP contribution is 2.44. The molecule has 6 nitrogen and oxygen atoms in total. The number of allylic oxidation sites excluding steroid dienone is 1.